The van der Waals surface area contributed by atoms with E-state index in [0.29, 0.717) is 18.5 Å². The topological polar surface area (TPSA) is 78.0 Å². The largest absolute Gasteiger partial charge is 0.335 e. The third-order valence-electron chi connectivity index (χ3n) is 8.39. The second-order valence-electron chi connectivity index (χ2n) is 10.3. The van der Waals surface area contributed by atoms with Gasteiger partial charge in [0.25, 0.3) is 10.0 Å². The Bertz CT molecular complexity index is 1670. The number of anilines is 1. The number of halogens is 1. The van der Waals surface area contributed by atoms with Gasteiger partial charge in [0.05, 0.1) is 22.5 Å². The van der Waals surface area contributed by atoms with Crippen LogP contribution in [0.15, 0.2) is 88.2 Å². The standard InChI is InChI=1S/C29H24BrN3O4S/c1-31-17-26(34)32-25(27(31)35)16-29(22-14-12-18-11-13-19(30)15-21(18)22)23-9-5-6-10-24(23)33(28(29)32)38(36,37)20-7-3-2-4-8-20/h2-11,13-15,25,28H,12,16-17H2,1H3/t25-,28-,29-/m0/s1. The van der Waals surface area contributed by atoms with Crippen molar-refractivity contribution in [2.24, 2.45) is 0 Å². The Morgan fingerprint density at radius 1 is 0.974 bits per heavy atom. The SMILES string of the molecule is CN1CC(=O)N2[C@@H](C[C@]3(C4=CCc5ccc(Br)cc54)c4ccccc4N(S(=O)(=O)c4ccccc4)[C@H]23)C1=O. The van der Waals surface area contributed by atoms with Crippen molar-refractivity contribution in [1.29, 1.82) is 0 Å². The number of likely N-dealkylation sites (N-methyl/N-ethyl adjacent to an activating group) is 1. The van der Waals surface area contributed by atoms with Crippen LogP contribution in [-0.4, -0.2) is 55.8 Å². The average Bonchev–Trinajstić information content (AvgIpc) is 3.56. The van der Waals surface area contributed by atoms with Crippen molar-refractivity contribution in [1.82, 2.24) is 9.80 Å². The van der Waals surface area contributed by atoms with Crippen LogP contribution in [0.4, 0.5) is 5.69 Å². The van der Waals surface area contributed by atoms with Crippen LogP contribution >= 0.6 is 15.9 Å². The number of piperazine rings is 1. The lowest BCUT2D eigenvalue weighted by molar-refractivity contribution is -0.153. The maximum Gasteiger partial charge on any atom is 0.266 e. The van der Waals surface area contributed by atoms with E-state index in [1.165, 1.54) is 9.21 Å². The average molecular weight is 590 g/mol. The molecule has 0 bridgehead atoms. The Morgan fingerprint density at radius 3 is 2.50 bits per heavy atom. The lowest BCUT2D eigenvalue weighted by atomic mass is 9.70. The molecule has 38 heavy (non-hydrogen) atoms. The highest BCUT2D eigenvalue weighted by Crippen LogP contribution is 2.62. The number of nitrogens with zero attached hydrogens (tertiary/aromatic N) is 3. The summed E-state index contributed by atoms with van der Waals surface area (Å²) in [5.74, 6) is -0.418. The van der Waals surface area contributed by atoms with Gasteiger partial charge in [-0.15, -0.1) is 0 Å². The van der Waals surface area contributed by atoms with E-state index in [1.54, 1.807) is 42.3 Å². The van der Waals surface area contributed by atoms with E-state index < -0.39 is 27.6 Å². The molecular formula is C29H24BrN3O4S. The van der Waals surface area contributed by atoms with Gasteiger partial charge in [-0.25, -0.2) is 12.7 Å². The van der Waals surface area contributed by atoms with Crippen LogP contribution in [0, 0.1) is 0 Å². The summed E-state index contributed by atoms with van der Waals surface area (Å²) in [5.41, 5.74) is 3.58. The number of para-hydroxylation sites is 1. The van der Waals surface area contributed by atoms with E-state index in [9.17, 15) is 18.0 Å². The van der Waals surface area contributed by atoms with Crippen LogP contribution in [0.1, 0.15) is 23.1 Å². The highest BCUT2D eigenvalue weighted by molar-refractivity contribution is 9.10. The molecule has 0 saturated carbocycles. The van der Waals surface area contributed by atoms with Gasteiger partial charge in [0, 0.05) is 11.5 Å². The fourth-order valence-corrected chi connectivity index (χ4v) is 8.92. The second-order valence-corrected chi connectivity index (χ2v) is 13.0. The van der Waals surface area contributed by atoms with E-state index in [-0.39, 0.29) is 23.3 Å². The van der Waals surface area contributed by atoms with E-state index in [0.717, 1.165) is 26.7 Å². The number of hydrogen-bond acceptors (Lipinski definition) is 4. The fourth-order valence-electron chi connectivity index (χ4n) is 6.87. The van der Waals surface area contributed by atoms with Crippen molar-refractivity contribution in [3.63, 3.8) is 0 Å². The molecule has 3 atom stereocenters. The molecule has 2 fully saturated rings. The first kappa shape index (κ1) is 23.7. The summed E-state index contributed by atoms with van der Waals surface area (Å²) in [6.07, 6.45) is 2.25. The van der Waals surface area contributed by atoms with E-state index >= 15 is 0 Å². The molecule has 4 aliphatic rings. The van der Waals surface area contributed by atoms with Gasteiger partial charge in [0.2, 0.25) is 11.8 Å². The van der Waals surface area contributed by atoms with Gasteiger partial charge in [-0.05, 0) is 65.4 Å². The number of amides is 2. The molecule has 3 aliphatic heterocycles. The lowest BCUT2D eigenvalue weighted by Crippen LogP contribution is -2.62. The zero-order chi connectivity index (χ0) is 26.4. The minimum absolute atomic E-state index is 0.0847. The van der Waals surface area contributed by atoms with E-state index in [2.05, 4.69) is 34.1 Å². The summed E-state index contributed by atoms with van der Waals surface area (Å²) in [6.45, 7) is -0.0847. The van der Waals surface area contributed by atoms with Crippen LogP contribution in [0.25, 0.3) is 5.57 Å². The number of sulfonamides is 1. The Kier molecular flexibility index (Phi) is 5.01. The fraction of sp³-hybridized carbons (Fsp3) is 0.241. The van der Waals surface area contributed by atoms with Gasteiger partial charge < -0.3 is 9.80 Å². The molecule has 3 heterocycles. The van der Waals surface area contributed by atoms with Gasteiger partial charge in [-0.1, -0.05) is 64.5 Å². The highest BCUT2D eigenvalue weighted by Gasteiger charge is 2.68. The van der Waals surface area contributed by atoms with Crippen LogP contribution in [-0.2, 0) is 31.4 Å². The minimum Gasteiger partial charge on any atom is -0.335 e. The minimum atomic E-state index is -4.09. The molecular weight excluding hydrogens is 566 g/mol. The molecule has 2 saturated heterocycles. The van der Waals surface area contributed by atoms with Crippen molar-refractivity contribution >= 4 is 49.0 Å². The molecule has 7 nitrogen and oxygen atoms in total. The number of benzene rings is 3. The van der Waals surface area contributed by atoms with E-state index in [1.807, 2.05) is 30.3 Å². The van der Waals surface area contributed by atoms with Crippen molar-refractivity contribution in [2.45, 2.75) is 35.4 Å². The maximum atomic E-state index is 14.4. The monoisotopic (exact) mass is 589 g/mol. The molecule has 3 aromatic rings. The second kappa shape index (κ2) is 8.04. The molecule has 0 radical (unpaired) electrons. The van der Waals surface area contributed by atoms with Gasteiger partial charge >= 0.3 is 0 Å². The van der Waals surface area contributed by atoms with Gasteiger partial charge in [-0.2, -0.15) is 0 Å². The Morgan fingerprint density at radius 2 is 1.71 bits per heavy atom. The van der Waals surface area contributed by atoms with Crippen LogP contribution < -0.4 is 4.31 Å². The molecule has 0 N–H and O–H groups in total. The van der Waals surface area contributed by atoms with E-state index in [4.69, 9.17) is 0 Å². The smallest absolute Gasteiger partial charge is 0.266 e. The van der Waals surface area contributed by atoms with Crippen molar-refractivity contribution in [3.05, 3.63) is 100 Å². The number of rotatable bonds is 3. The molecule has 2 amide bonds. The molecule has 0 spiro atoms. The number of fused-ring (bicyclic) bond motifs is 6. The zero-order valence-corrected chi connectivity index (χ0v) is 22.9. The predicted molar refractivity (Wildman–Crippen MR) is 147 cm³/mol. The summed E-state index contributed by atoms with van der Waals surface area (Å²) in [5, 5.41) is 0. The normalized spacial score (nSPS) is 25.7. The maximum absolute atomic E-state index is 14.4. The van der Waals surface area contributed by atoms with Crippen LogP contribution in [0.3, 0.4) is 0 Å². The van der Waals surface area contributed by atoms with Crippen molar-refractivity contribution in [3.8, 4) is 0 Å². The van der Waals surface area contributed by atoms with Crippen LogP contribution in [0.2, 0.25) is 0 Å². The quantitative estimate of drug-likeness (QED) is 0.464. The summed E-state index contributed by atoms with van der Waals surface area (Å²) in [4.78, 5) is 30.3. The van der Waals surface area contributed by atoms with Gasteiger partial charge in [0.1, 0.15) is 12.2 Å². The molecule has 0 unspecified atom stereocenters. The number of carbonyl (C=O) groups excluding carboxylic acids is 2. The van der Waals surface area contributed by atoms with Crippen LogP contribution in [0.5, 0.6) is 0 Å². The van der Waals surface area contributed by atoms with Crippen molar-refractivity contribution in [2.75, 3.05) is 17.9 Å². The summed E-state index contributed by atoms with van der Waals surface area (Å²) < 4.78 is 31.1. The first-order valence-electron chi connectivity index (χ1n) is 12.5. The Hall–Kier alpha value is -3.43. The first-order valence-corrected chi connectivity index (χ1v) is 14.7. The Labute approximate surface area is 229 Å². The number of allylic oxidation sites excluding steroid dienone is 1. The first-order chi connectivity index (χ1) is 18.2. The molecule has 0 aromatic heterocycles. The van der Waals surface area contributed by atoms with Crippen molar-refractivity contribution < 1.29 is 18.0 Å². The summed E-state index contributed by atoms with van der Waals surface area (Å²) in [6, 6.07) is 21.2. The zero-order valence-electron chi connectivity index (χ0n) is 20.5. The molecule has 7 rings (SSSR count). The number of carbonyl (C=O) groups is 2. The Balaban J connectivity index is 1.54. The predicted octanol–water partition coefficient (Wildman–Crippen LogP) is 3.93. The molecule has 3 aromatic carbocycles. The summed E-state index contributed by atoms with van der Waals surface area (Å²) >= 11 is 3.61. The summed E-state index contributed by atoms with van der Waals surface area (Å²) in [7, 11) is -2.46. The third kappa shape index (κ3) is 2.97. The molecule has 1 aliphatic carbocycles. The third-order valence-corrected chi connectivity index (χ3v) is 10.7. The molecule has 192 valence electrons. The number of hydrogen-bond donors (Lipinski definition) is 0. The highest BCUT2D eigenvalue weighted by atomic mass is 79.9. The van der Waals surface area contributed by atoms with Gasteiger partial charge in [-0.3, -0.25) is 9.59 Å². The van der Waals surface area contributed by atoms with Gasteiger partial charge in [0.15, 0.2) is 0 Å². The lowest BCUT2D eigenvalue weighted by Gasteiger charge is -2.41. The molecule has 9 heteroatoms.